The van der Waals surface area contributed by atoms with Crippen LogP contribution in [0.3, 0.4) is 0 Å². The highest BCUT2D eigenvalue weighted by Gasteiger charge is 2.26. The second-order valence-corrected chi connectivity index (χ2v) is 9.64. The summed E-state index contributed by atoms with van der Waals surface area (Å²) in [4.78, 5) is 5.12. The van der Waals surface area contributed by atoms with Crippen molar-refractivity contribution >= 4 is 33.0 Å². The van der Waals surface area contributed by atoms with E-state index in [0.29, 0.717) is 5.92 Å². The molecule has 2 aromatic heterocycles. The van der Waals surface area contributed by atoms with Crippen molar-refractivity contribution in [3.63, 3.8) is 0 Å². The Kier molecular flexibility index (Phi) is 4.80. The van der Waals surface area contributed by atoms with E-state index in [0.717, 1.165) is 33.6 Å². The zero-order chi connectivity index (χ0) is 23.4. The first-order valence-electron chi connectivity index (χ1n) is 12.1. The zero-order valence-corrected chi connectivity index (χ0v) is 20.0. The van der Waals surface area contributed by atoms with Crippen LogP contribution in [0.25, 0.3) is 50.0 Å². The number of imidazole rings is 1. The molecule has 0 aliphatic rings. The molecule has 168 valence electrons. The van der Waals surface area contributed by atoms with Crippen LogP contribution in [0.5, 0.6) is 0 Å². The Morgan fingerprint density at radius 2 is 1.44 bits per heavy atom. The average Bonchev–Trinajstić information content (AvgIpc) is 3.41. The van der Waals surface area contributed by atoms with Gasteiger partial charge in [-0.3, -0.25) is 4.57 Å². The number of aromatic nitrogens is 2. The van der Waals surface area contributed by atoms with Gasteiger partial charge in [0.15, 0.2) is 0 Å². The SMILES string of the molecule is CC(C)c1cc2c(oc3ccccc32)c(C(C)C)c1-n1c(-c2ccccc2)nc2ccccc21. The molecule has 2 heterocycles. The third-order valence-electron chi connectivity index (χ3n) is 6.72. The molecule has 6 aromatic rings. The number of furan rings is 1. The maximum Gasteiger partial charge on any atom is 0.145 e. The van der Waals surface area contributed by atoms with Gasteiger partial charge in [0.05, 0.1) is 16.7 Å². The van der Waals surface area contributed by atoms with Gasteiger partial charge in [0.1, 0.15) is 17.0 Å². The summed E-state index contributed by atoms with van der Waals surface area (Å²) in [6.07, 6.45) is 0. The van der Waals surface area contributed by atoms with Gasteiger partial charge in [-0.25, -0.2) is 4.98 Å². The number of rotatable bonds is 4. The lowest BCUT2D eigenvalue weighted by atomic mass is 9.89. The van der Waals surface area contributed by atoms with Gasteiger partial charge in [-0.1, -0.05) is 88.4 Å². The zero-order valence-electron chi connectivity index (χ0n) is 20.0. The lowest BCUT2D eigenvalue weighted by Gasteiger charge is -2.23. The average molecular weight is 445 g/mol. The van der Waals surface area contributed by atoms with Gasteiger partial charge < -0.3 is 4.42 Å². The van der Waals surface area contributed by atoms with Crippen molar-refractivity contribution < 1.29 is 4.42 Å². The number of hydrogen-bond acceptors (Lipinski definition) is 2. The lowest BCUT2D eigenvalue weighted by Crippen LogP contribution is -2.09. The van der Waals surface area contributed by atoms with Crippen LogP contribution in [0.15, 0.2) is 89.3 Å². The molecule has 0 unspecified atom stereocenters. The number of para-hydroxylation sites is 3. The fraction of sp³-hybridized carbons (Fsp3) is 0.194. The molecule has 0 spiro atoms. The van der Waals surface area contributed by atoms with E-state index in [9.17, 15) is 0 Å². The van der Waals surface area contributed by atoms with Crippen LogP contribution in [0.2, 0.25) is 0 Å². The van der Waals surface area contributed by atoms with E-state index in [1.807, 2.05) is 6.07 Å². The molecule has 0 aliphatic carbocycles. The molecule has 6 rings (SSSR count). The van der Waals surface area contributed by atoms with E-state index in [2.05, 4.69) is 111 Å². The summed E-state index contributed by atoms with van der Waals surface area (Å²) in [6, 6.07) is 29.6. The van der Waals surface area contributed by atoms with Gasteiger partial charge in [0, 0.05) is 21.9 Å². The van der Waals surface area contributed by atoms with Crippen molar-refractivity contribution in [3.8, 4) is 17.1 Å². The van der Waals surface area contributed by atoms with Crippen molar-refractivity contribution in [2.45, 2.75) is 39.5 Å². The minimum atomic E-state index is 0.265. The molecule has 0 atom stereocenters. The van der Waals surface area contributed by atoms with Crippen LogP contribution in [-0.2, 0) is 0 Å². The Hall–Kier alpha value is -3.85. The summed E-state index contributed by atoms with van der Waals surface area (Å²) in [7, 11) is 0. The molecule has 0 radical (unpaired) electrons. The van der Waals surface area contributed by atoms with E-state index in [1.165, 1.54) is 27.6 Å². The molecule has 0 saturated heterocycles. The standard InChI is InChI=1S/C31H28N2O/c1-19(2)23-18-24-22-14-8-11-17-27(22)34-30(24)28(20(3)4)29(23)33-26-16-10-9-15-25(26)32-31(33)21-12-6-5-7-13-21/h5-20H,1-4H3. The lowest BCUT2D eigenvalue weighted by molar-refractivity contribution is 0.654. The molecule has 0 N–H and O–H groups in total. The number of fused-ring (bicyclic) bond motifs is 4. The van der Waals surface area contributed by atoms with Gasteiger partial charge in [0.2, 0.25) is 0 Å². The van der Waals surface area contributed by atoms with Crippen molar-refractivity contribution in [2.24, 2.45) is 0 Å². The van der Waals surface area contributed by atoms with Crippen LogP contribution >= 0.6 is 0 Å². The van der Waals surface area contributed by atoms with Crippen LogP contribution < -0.4 is 0 Å². The number of benzene rings is 4. The fourth-order valence-corrected chi connectivity index (χ4v) is 5.15. The van der Waals surface area contributed by atoms with E-state index in [4.69, 9.17) is 9.40 Å². The number of hydrogen-bond donors (Lipinski definition) is 0. The second-order valence-electron chi connectivity index (χ2n) is 9.64. The molecule has 4 aromatic carbocycles. The monoisotopic (exact) mass is 444 g/mol. The van der Waals surface area contributed by atoms with Crippen LogP contribution in [0, 0.1) is 0 Å². The Morgan fingerprint density at radius 1 is 0.735 bits per heavy atom. The molecule has 0 bridgehead atoms. The Labute approximate surface area is 199 Å². The molecular formula is C31H28N2O. The van der Waals surface area contributed by atoms with E-state index >= 15 is 0 Å². The van der Waals surface area contributed by atoms with Crippen molar-refractivity contribution in [1.82, 2.24) is 9.55 Å². The van der Waals surface area contributed by atoms with E-state index in [-0.39, 0.29) is 5.92 Å². The summed E-state index contributed by atoms with van der Waals surface area (Å²) in [5, 5.41) is 2.36. The van der Waals surface area contributed by atoms with Gasteiger partial charge in [-0.05, 0) is 41.7 Å². The maximum atomic E-state index is 6.54. The summed E-state index contributed by atoms with van der Waals surface area (Å²) < 4.78 is 8.91. The summed E-state index contributed by atoms with van der Waals surface area (Å²) >= 11 is 0. The van der Waals surface area contributed by atoms with Gasteiger partial charge >= 0.3 is 0 Å². The topological polar surface area (TPSA) is 31.0 Å². The summed E-state index contributed by atoms with van der Waals surface area (Å²) in [6.45, 7) is 9.07. The molecule has 34 heavy (non-hydrogen) atoms. The maximum absolute atomic E-state index is 6.54. The largest absolute Gasteiger partial charge is 0.456 e. The highest BCUT2D eigenvalue weighted by atomic mass is 16.3. The van der Waals surface area contributed by atoms with E-state index in [1.54, 1.807) is 0 Å². The summed E-state index contributed by atoms with van der Waals surface area (Å²) in [5.41, 5.74) is 8.87. The Bertz CT molecular complexity index is 1650. The van der Waals surface area contributed by atoms with Crippen molar-refractivity contribution in [3.05, 3.63) is 96.1 Å². The summed E-state index contributed by atoms with van der Waals surface area (Å²) in [5.74, 6) is 1.55. The van der Waals surface area contributed by atoms with E-state index < -0.39 is 0 Å². The first kappa shape index (κ1) is 20.7. The number of nitrogens with zero attached hydrogens (tertiary/aromatic N) is 2. The molecular weight excluding hydrogens is 416 g/mol. The molecule has 0 amide bonds. The van der Waals surface area contributed by atoms with Crippen LogP contribution in [0.4, 0.5) is 0 Å². The molecule has 3 nitrogen and oxygen atoms in total. The van der Waals surface area contributed by atoms with Crippen molar-refractivity contribution in [1.29, 1.82) is 0 Å². The first-order chi connectivity index (χ1) is 16.5. The molecule has 3 heteroatoms. The highest BCUT2D eigenvalue weighted by molar-refractivity contribution is 6.07. The predicted octanol–water partition coefficient (Wildman–Crippen LogP) is 8.84. The third-order valence-corrected chi connectivity index (χ3v) is 6.72. The molecule has 0 saturated carbocycles. The smallest absolute Gasteiger partial charge is 0.145 e. The molecule has 0 aliphatic heterocycles. The minimum absolute atomic E-state index is 0.265. The normalized spacial score (nSPS) is 12.1. The fourth-order valence-electron chi connectivity index (χ4n) is 5.15. The van der Waals surface area contributed by atoms with Crippen LogP contribution in [-0.4, -0.2) is 9.55 Å². The molecule has 0 fully saturated rings. The second kappa shape index (κ2) is 7.88. The first-order valence-corrected chi connectivity index (χ1v) is 12.1. The van der Waals surface area contributed by atoms with Gasteiger partial charge in [0.25, 0.3) is 0 Å². The Balaban J connectivity index is 1.83. The predicted molar refractivity (Wildman–Crippen MR) is 142 cm³/mol. The van der Waals surface area contributed by atoms with Crippen molar-refractivity contribution in [2.75, 3.05) is 0 Å². The van der Waals surface area contributed by atoms with Crippen LogP contribution in [0.1, 0.15) is 50.7 Å². The highest BCUT2D eigenvalue weighted by Crippen LogP contribution is 2.43. The third kappa shape index (κ3) is 3.07. The Morgan fingerprint density at radius 3 is 2.21 bits per heavy atom. The minimum Gasteiger partial charge on any atom is -0.456 e. The quantitative estimate of drug-likeness (QED) is 0.272. The van der Waals surface area contributed by atoms with Gasteiger partial charge in [-0.15, -0.1) is 0 Å². The van der Waals surface area contributed by atoms with Gasteiger partial charge in [-0.2, -0.15) is 0 Å².